The van der Waals surface area contributed by atoms with Gasteiger partial charge in [-0.25, -0.2) is 0 Å². The van der Waals surface area contributed by atoms with E-state index in [4.69, 9.17) is 0 Å². The Bertz CT molecular complexity index is 289. The summed E-state index contributed by atoms with van der Waals surface area (Å²) in [6.07, 6.45) is 2.49. The SMILES string of the molecule is CC(CCS)CCSc1ccccc1Br. The van der Waals surface area contributed by atoms with Crippen molar-refractivity contribution >= 4 is 40.3 Å². The second-order valence-corrected chi connectivity index (χ2v) is 6.12. The number of halogens is 1. The van der Waals surface area contributed by atoms with Gasteiger partial charge in [0.25, 0.3) is 0 Å². The lowest BCUT2D eigenvalue weighted by Gasteiger charge is -2.09. The monoisotopic (exact) mass is 304 g/mol. The summed E-state index contributed by atoms with van der Waals surface area (Å²) in [5, 5.41) is 0. The molecule has 1 aromatic carbocycles. The zero-order valence-electron chi connectivity index (χ0n) is 8.95. The van der Waals surface area contributed by atoms with E-state index in [2.05, 4.69) is 59.7 Å². The summed E-state index contributed by atoms with van der Waals surface area (Å²) >= 11 is 9.74. The van der Waals surface area contributed by atoms with E-state index in [1.165, 1.54) is 28.0 Å². The van der Waals surface area contributed by atoms with E-state index in [0.717, 1.165) is 11.7 Å². The molecule has 1 atom stereocenters. The van der Waals surface area contributed by atoms with Gasteiger partial charge in [-0.2, -0.15) is 12.6 Å². The number of hydrogen-bond acceptors (Lipinski definition) is 2. The average Bonchev–Trinajstić information content (AvgIpc) is 2.21. The minimum Gasteiger partial charge on any atom is -0.179 e. The second-order valence-electron chi connectivity index (χ2n) is 3.69. The first-order chi connectivity index (χ1) is 7.24. The first kappa shape index (κ1) is 13.5. The van der Waals surface area contributed by atoms with Crippen LogP contribution in [-0.2, 0) is 0 Å². The zero-order chi connectivity index (χ0) is 11.1. The molecule has 0 heterocycles. The van der Waals surface area contributed by atoms with Gasteiger partial charge in [-0.3, -0.25) is 0 Å². The molecule has 0 fully saturated rings. The molecule has 0 radical (unpaired) electrons. The van der Waals surface area contributed by atoms with Crippen molar-refractivity contribution in [3.05, 3.63) is 28.7 Å². The number of thioether (sulfide) groups is 1. The first-order valence-corrected chi connectivity index (χ1v) is 7.63. The molecule has 3 heteroatoms. The zero-order valence-corrected chi connectivity index (χ0v) is 12.2. The summed E-state index contributed by atoms with van der Waals surface area (Å²) in [5.74, 6) is 2.98. The lowest BCUT2D eigenvalue weighted by atomic mass is 10.1. The molecule has 0 saturated carbocycles. The van der Waals surface area contributed by atoms with E-state index in [1.54, 1.807) is 0 Å². The third kappa shape index (κ3) is 5.32. The van der Waals surface area contributed by atoms with Crippen LogP contribution in [0.4, 0.5) is 0 Å². The highest BCUT2D eigenvalue weighted by Gasteiger charge is 2.03. The van der Waals surface area contributed by atoms with Crippen LogP contribution in [0.2, 0.25) is 0 Å². The van der Waals surface area contributed by atoms with Crippen LogP contribution in [0.15, 0.2) is 33.6 Å². The fourth-order valence-corrected chi connectivity index (χ4v) is 3.49. The lowest BCUT2D eigenvalue weighted by molar-refractivity contribution is 0.554. The third-order valence-corrected chi connectivity index (χ3v) is 4.65. The van der Waals surface area contributed by atoms with Crippen LogP contribution < -0.4 is 0 Å². The largest absolute Gasteiger partial charge is 0.179 e. The Labute approximate surface area is 111 Å². The molecule has 0 spiro atoms. The molecule has 0 aliphatic carbocycles. The maximum atomic E-state index is 4.25. The molecule has 15 heavy (non-hydrogen) atoms. The maximum absolute atomic E-state index is 4.25. The molecule has 0 bridgehead atoms. The maximum Gasteiger partial charge on any atom is 0.0311 e. The minimum atomic E-state index is 0.789. The second kappa shape index (κ2) is 7.64. The first-order valence-electron chi connectivity index (χ1n) is 5.22. The van der Waals surface area contributed by atoms with Gasteiger partial charge in [-0.05, 0) is 58.3 Å². The van der Waals surface area contributed by atoms with Gasteiger partial charge in [-0.1, -0.05) is 19.1 Å². The molecule has 0 aromatic heterocycles. The predicted molar refractivity (Wildman–Crippen MR) is 77.1 cm³/mol. The molecule has 0 aliphatic heterocycles. The van der Waals surface area contributed by atoms with Crippen molar-refractivity contribution in [2.45, 2.75) is 24.7 Å². The number of thiol groups is 1. The number of hydrogen-bond donors (Lipinski definition) is 1. The fourth-order valence-electron chi connectivity index (χ4n) is 1.30. The molecular weight excluding hydrogens is 288 g/mol. The highest BCUT2D eigenvalue weighted by molar-refractivity contribution is 9.10. The van der Waals surface area contributed by atoms with Crippen LogP contribution in [-0.4, -0.2) is 11.5 Å². The number of benzene rings is 1. The fraction of sp³-hybridized carbons (Fsp3) is 0.500. The Morgan fingerprint density at radius 3 is 2.73 bits per heavy atom. The Morgan fingerprint density at radius 2 is 2.07 bits per heavy atom. The van der Waals surface area contributed by atoms with Crippen molar-refractivity contribution in [2.75, 3.05) is 11.5 Å². The van der Waals surface area contributed by atoms with Crippen LogP contribution in [0.1, 0.15) is 19.8 Å². The molecule has 0 nitrogen and oxygen atoms in total. The van der Waals surface area contributed by atoms with Crippen molar-refractivity contribution in [3.63, 3.8) is 0 Å². The summed E-state index contributed by atoms with van der Waals surface area (Å²) < 4.78 is 1.21. The highest BCUT2D eigenvalue weighted by atomic mass is 79.9. The Balaban J connectivity index is 2.29. The summed E-state index contributed by atoms with van der Waals surface area (Å²) in [6, 6.07) is 8.40. The van der Waals surface area contributed by atoms with Gasteiger partial charge >= 0.3 is 0 Å². The standard InChI is InChI=1S/C12H17BrS2/c1-10(6-8-14)7-9-15-12-5-3-2-4-11(12)13/h2-5,10,14H,6-9H2,1H3. The lowest BCUT2D eigenvalue weighted by Crippen LogP contribution is -1.97. The molecule has 1 rings (SSSR count). The Kier molecular flexibility index (Phi) is 6.86. The van der Waals surface area contributed by atoms with E-state index >= 15 is 0 Å². The van der Waals surface area contributed by atoms with Crippen molar-refractivity contribution in [1.29, 1.82) is 0 Å². The normalized spacial score (nSPS) is 12.7. The van der Waals surface area contributed by atoms with E-state index in [1.807, 2.05) is 11.8 Å². The summed E-state index contributed by atoms with van der Waals surface area (Å²) in [7, 11) is 0. The van der Waals surface area contributed by atoms with Gasteiger partial charge in [0.1, 0.15) is 0 Å². The van der Waals surface area contributed by atoms with Gasteiger partial charge < -0.3 is 0 Å². The van der Waals surface area contributed by atoms with Gasteiger partial charge in [0.05, 0.1) is 0 Å². The summed E-state index contributed by atoms with van der Waals surface area (Å²) in [5.41, 5.74) is 0. The third-order valence-electron chi connectivity index (χ3n) is 2.33. The number of rotatable bonds is 6. The Hall–Kier alpha value is 0.400. The van der Waals surface area contributed by atoms with E-state index in [0.29, 0.717) is 0 Å². The Morgan fingerprint density at radius 1 is 1.33 bits per heavy atom. The van der Waals surface area contributed by atoms with Crippen LogP contribution in [0.3, 0.4) is 0 Å². The van der Waals surface area contributed by atoms with E-state index in [-0.39, 0.29) is 0 Å². The molecule has 0 N–H and O–H groups in total. The van der Waals surface area contributed by atoms with Gasteiger partial charge in [0, 0.05) is 9.37 Å². The average molecular weight is 305 g/mol. The van der Waals surface area contributed by atoms with E-state index < -0.39 is 0 Å². The molecule has 0 aliphatic rings. The van der Waals surface area contributed by atoms with E-state index in [9.17, 15) is 0 Å². The van der Waals surface area contributed by atoms with Crippen molar-refractivity contribution in [1.82, 2.24) is 0 Å². The molecule has 1 aromatic rings. The predicted octanol–water partition coefficient (Wildman–Crippen LogP) is 4.89. The van der Waals surface area contributed by atoms with Crippen molar-refractivity contribution in [2.24, 2.45) is 5.92 Å². The minimum absolute atomic E-state index is 0.789. The summed E-state index contributed by atoms with van der Waals surface area (Å²) in [4.78, 5) is 1.34. The topological polar surface area (TPSA) is 0 Å². The summed E-state index contributed by atoms with van der Waals surface area (Å²) in [6.45, 7) is 2.30. The van der Waals surface area contributed by atoms with Crippen molar-refractivity contribution in [3.8, 4) is 0 Å². The molecule has 1 unspecified atom stereocenters. The molecule has 0 saturated heterocycles. The smallest absolute Gasteiger partial charge is 0.0311 e. The van der Waals surface area contributed by atoms with Gasteiger partial charge in [-0.15, -0.1) is 11.8 Å². The van der Waals surface area contributed by atoms with Crippen molar-refractivity contribution < 1.29 is 0 Å². The molecular formula is C12H17BrS2. The van der Waals surface area contributed by atoms with Crippen LogP contribution in [0, 0.1) is 5.92 Å². The molecule has 84 valence electrons. The van der Waals surface area contributed by atoms with Crippen LogP contribution in [0.25, 0.3) is 0 Å². The quantitative estimate of drug-likeness (QED) is 0.577. The van der Waals surface area contributed by atoms with Gasteiger partial charge in [0.2, 0.25) is 0 Å². The van der Waals surface area contributed by atoms with Crippen LogP contribution in [0.5, 0.6) is 0 Å². The van der Waals surface area contributed by atoms with Gasteiger partial charge in [0.15, 0.2) is 0 Å². The van der Waals surface area contributed by atoms with Crippen LogP contribution >= 0.6 is 40.3 Å². The molecule has 0 amide bonds. The highest BCUT2D eigenvalue weighted by Crippen LogP contribution is 2.28.